The standard InChI is InChI=1S/C18H24N4O2/c1-21-16-5-4-14(12-15(16)20-17(21)13-2-3-13)18(23)19-6-7-22-8-10-24-11-9-22/h4-5,12-13H,2-3,6-11H2,1H3,(H,19,23). The Bertz CT molecular complexity index is 745. The number of ether oxygens (including phenoxy) is 1. The zero-order valence-electron chi connectivity index (χ0n) is 14.1. The van der Waals surface area contributed by atoms with Crippen LogP contribution in [-0.4, -0.2) is 59.8 Å². The first kappa shape index (κ1) is 15.6. The van der Waals surface area contributed by atoms with E-state index >= 15 is 0 Å². The Labute approximate surface area is 141 Å². The highest BCUT2D eigenvalue weighted by atomic mass is 16.5. The predicted octanol–water partition coefficient (Wildman–Crippen LogP) is 1.51. The molecular formula is C18H24N4O2. The molecule has 6 heteroatoms. The van der Waals surface area contributed by atoms with E-state index in [1.807, 2.05) is 18.2 Å². The summed E-state index contributed by atoms with van der Waals surface area (Å²) in [6, 6.07) is 5.81. The topological polar surface area (TPSA) is 59.4 Å². The molecule has 0 atom stereocenters. The van der Waals surface area contributed by atoms with Crippen LogP contribution in [0.3, 0.4) is 0 Å². The first-order chi connectivity index (χ1) is 11.7. The number of carbonyl (C=O) groups is 1. The van der Waals surface area contributed by atoms with Gasteiger partial charge in [-0.3, -0.25) is 9.69 Å². The van der Waals surface area contributed by atoms with Crippen molar-refractivity contribution in [1.82, 2.24) is 19.8 Å². The molecule has 0 spiro atoms. The molecule has 6 nitrogen and oxygen atoms in total. The Balaban J connectivity index is 1.40. The quantitative estimate of drug-likeness (QED) is 0.904. The van der Waals surface area contributed by atoms with E-state index in [4.69, 9.17) is 9.72 Å². The number of amides is 1. The van der Waals surface area contributed by atoms with Crippen LogP contribution in [0.1, 0.15) is 34.9 Å². The number of nitrogens with one attached hydrogen (secondary N) is 1. The normalized spacial score (nSPS) is 18.9. The Morgan fingerprint density at radius 3 is 2.88 bits per heavy atom. The van der Waals surface area contributed by atoms with E-state index in [1.165, 1.54) is 12.8 Å². The third-order valence-electron chi connectivity index (χ3n) is 4.94. The van der Waals surface area contributed by atoms with Gasteiger partial charge in [-0.2, -0.15) is 0 Å². The molecule has 2 heterocycles. The van der Waals surface area contributed by atoms with Gasteiger partial charge in [0, 0.05) is 44.7 Å². The fourth-order valence-corrected chi connectivity index (χ4v) is 3.32. The van der Waals surface area contributed by atoms with Gasteiger partial charge in [0.15, 0.2) is 0 Å². The van der Waals surface area contributed by atoms with Crippen molar-refractivity contribution < 1.29 is 9.53 Å². The van der Waals surface area contributed by atoms with E-state index in [0.29, 0.717) is 18.0 Å². The van der Waals surface area contributed by atoms with E-state index < -0.39 is 0 Å². The maximum atomic E-state index is 12.4. The largest absolute Gasteiger partial charge is 0.379 e. The summed E-state index contributed by atoms with van der Waals surface area (Å²) in [5.74, 6) is 1.73. The number of hydrogen-bond donors (Lipinski definition) is 1. The Hall–Kier alpha value is -1.92. The maximum absolute atomic E-state index is 12.4. The van der Waals surface area contributed by atoms with Gasteiger partial charge in [0.25, 0.3) is 5.91 Å². The summed E-state index contributed by atoms with van der Waals surface area (Å²) in [4.78, 5) is 19.4. The van der Waals surface area contributed by atoms with E-state index in [9.17, 15) is 4.79 Å². The van der Waals surface area contributed by atoms with Crippen molar-refractivity contribution in [2.24, 2.45) is 7.05 Å². The second kappa shape index (κ2) is 6.53. The molecule has 1 aliphatic carbocycles. The molecule has 1 N–H and O–H groups in total. The molecule has 1 aromatic carbocycles. The second-order valence-corrected chi connectivity index (χ2v) is 6.72. The van der Waals surface area contributed by atoms with Crippen molar-refractivity contribution >= 4 is 16.9 Å². The lowest BCUT2D eigenvalue weighted by molar-refractivity contribution is 0.0383. The first-order valence-electron chi connectivity index (χ1n) is 8.77. The number of benzene rings is 1. The number of carbonyl (C=O) groups excluding carboxylic acids is 1. The highest BCUT2D eigenvalue weighted by Crippen LogP contribution is 2.40. The van der Waals surface area contributed by atoms with Crippen LogP contribution in [0.4, 0.5) is 0 Å². The predicted molar refractivity (Wildman–Crippen MR) is 92.3 cm³/mol. The van der Waals surface area contributed by atoms with Gasteiger partial charge >= 0.3 is 0 Å². The Kier molecular flexibility index (Phi) is 4.24. The molecule has 2 aliphatic rings. The molecule has 0 unspecified atom stereocenters. The summed E-state index contributed by atoms with van der Waals surface area (Å²) in [5, 5.41) is 3.01. The molecule has 4 rings (SSSR count). The molecule has 1 saturated heterocycles. The van der Waals surface area contributed by atoms with Gasteiger partial charge in [-0.05, 0) is 31.0 Å². The van der Waals surface area contributed by atoms with Crippen molar-refractivity contribution in [2.75, 3.05) is 39.4 Å². The number of rotatable bonds is 5. The minimum atomic E-state index is -0.0243. The van der Waals surface area contributed by atoms with Gasteiger partial charge in [0.1, 0.15) is 5.82 Å². The molecule has 1 amide bonds. The van der Waals surface area contributed by atoms with Crippen LogP contribution < -0.4 is 5.32 Å². The third kappa shape index (κ3) is 3.16. The fraction of sp³-hybridized carbons (Fsp3) is 0.556. The molecule has 128 valence electrons. The van der Waals surface area contributed by atoms with Gasteiger partial charge in [-0.25, -0.2) is 4.98 Å². The molecule has 2 fully saturated rings. The molecule has 2 aromatic rings. The minimum Gasteiger partial charge on any atom is -0.379 e. The van der Waals surface area contributed by atoms with Crippen LogP contribution >= 0.6 is 0 Å². The first-order valence-corrected chi connectivity index (χ1v) is 8.77. The molecule has 24 heavy (non-hydrogen) atoms. The van der Waals surface area contributed by atoms with Crippen LogP contribution in [0.25, 0.3) is 11.0 Å². The van der Waals surface area contributed by atoms with E-state index in [1.54, 1.807) is 0 Å². The maximum Gasteiger partial charge on any atom is 0.251 e. The summed E-state index contributed by atoms with van der Waals surface area (Å²) in [7, 11) is 2.06. The van der Waals surface area contributed by atoms with Crippen molar-refractivity contribution in [1.29, 1.82) is 0 Å². The van der Waals surface area contributed by atoms with E-state index in [-0.39, 0.29) is 5.91 Å². The monoisotopic (exact) mass is 328 g/mol. The second-order valence-electron chi connectivity index (χ2n) is 6.72. The van der Waals surface area contributed by atoms with E-state index in [2.05, 4.69) is 21.8 Å². The summed E-state index contributed by atoms with van der Waals surface area (Å²) < 4.78 is 7.49. The number of hydrogen-bond acceptors (Lipinski definition) is 4. The fourth-order valence-electron chi connectivity index (χ4n) is 3.32. The molecule has 0 radical (unpaired) electrons. The lowest BCUT2D eigenvalue weighted by atomic mass is 10.2. The lowest BCUT2D eigenvalue weighted by Crippen LogP contribution is -2.41. The van der Waals surface area contributed by atoms with Crippen LogP contribution in [0.5, 0.6) is 0 Å². The molecular weight excluding hydrogens is 304 g/mol. The number of fused-ring (bicyclic) bond motifs is 1. The number of aryl methyl sites for hydroxylation is 1. The highest BCUT2D eigenvalue weighted by Gasteiger charge is 2.28. The number of aromatic nitrogens is 2. The zero-order chi connectivity index (χ0) is 16.5. The Morgan fingerprint density at radius 2 is 2.12 bits per heavy atom. The van der Waals surface area contributed by atoms with Crippen molar-refractivity contribution in [3.8, 4) is 0 Å². The van der Waals surface area contributed by atoms with Crippen LogP contribution in [0.2, 0.25) is 0 Å². The summed E-state index contributed by atoms with van der Waals surface area (Å²) in [5.41, 5.74) is 2.70. The SMILES string of the molecule is Cn1c(C2CC2)nc2cc(C(=O)NCCN3CCOCC3)ccc21. The van der Waals surface area contributed by atoms with Gasteiger partial charge < -0.3 is 14.6 Å². The van der Waals surface area contributed by atoms with Crippen LogP contribution in [0, 0.1) is 0 Å². The van der Waals surface area contributed by atoms with Crippen LogP contribution in [0.15, 0.2) is 18.2 Å². The summed E-state index contributed by atoms with van der Waals surface area (Å²) in [6.07, 6.45) is 2.46. The van der Waals surface area contributed by atoms with Gasteiger partial charge in [0.2, 0.25) is 0 Å². The minimum absolute atomic E-state index is 0.0243. The lowest BCUT2D eigenvalue weighted by Gasteiger charge is -2.26. The van der Waals surface area contributed by atoms with Gasteiger partial charge in [-0.15, -0.1) is 0 Å². The van der Waals surface area contributed by atoms with Gasteiger partial charge in [0.05, 0.1) is 24.2 Å². The Morgan fingerprint density at radius 1 is 1.33 bits per heavy atom. The number of imidazole rings is 1. The number of nitrogens with zero attached hydrogens (tertiary/aromatic N) is 3. The number of morpholine rings is 1. The van der Waals surface area contributed by atoms with Crippen molar-refractivity contribution in [3.05, 3.63) is 29.6 Å². The smallest absolute Gasteiger partial charge is 0.251 e. The molecule has 1 saturated carbocycles. The molecule has 0 bridgehead atoms. The van der Waals surface area contributed by atoms with E-state index in [0.717, 1.165) is 49.7 Å². The highest BCUT2D eigenvalue weighted by molar-refractivity contribution is 5.97. The average molecular weight is 328 g/mol. The molecule has 1 aromatic heterocycles. The molecule has 1 aliphatic heterocycles. The zero-order valence-corrected chi connectivity index (χ0v) is 14.1. The van der Waals surface area contributed by atoms with Crippen LogP contribution in [-0.2, 0) is 11.8 Å². The summed E-state index contributed by atoms with van der Waals surface area (Å²) in [6.45, 7) is 4.99. The average Bonchev–Trinajstić information content (AvgIpc) is 3.40. The van der Waals surface area contributed by atoms with Crippen molar-refractivity contribution in [3.63, 3.8) is 0 Å². The van der Waals surface area contributed by atoms with Crippen molar-refractivity contribution in [2.45, 2.75) is 18.8 Å². The third-order valence-corrected chi connectivity index (χ3v) is 4.94. The van der Waals surface area contributed by atoms with Gasteiger partial charge in [-0.1, -0.05) is 0 Å². The summed E-state index contributed by atoms with van der Waals surface area (Å²) >= 11 is 0.